The van der Waals surface area contributed by atoms with E-state index in [4.69, 9.17) is 4.74 Å². The van der Waals surface area contributed by atoms with E-state index in [2.05, 4.69) is 10.4 Å². The Bertz CT molecular complexity index is 842. The molecule has 2 heterocycles. The summed E-state index contributed by atoms with van der Waals surface area (Å²) in [7, 11) is 3.32. The summed E-state index contributed by atoms with van der Waals surface area (Å²) in [6.45, 7) is 1.84. The van der Waals surface area contributed by atoms with Crippen molar-refractivity contribution in [2.45, 2.75) is 25.8 Å². The monoisotopic (exact) mass is 402 g/mol. The average molecular weight is 402 g/mol. The first-order valence-corrected chi connectivity index (χ1v) is 9.78. The summed E-state index contributed by atoms with van der Waals surface area (Å²) in [5.74, 6) is -0.0977. The van der Waals surface area contributed by atoms with Crippen LogP contribution in [0.1, 0.15) is 34.5 Å². The van der Waals surface area contributed by atoms with Crippen LogP contribution in [0.15, 0.2) is 30.5 Å². The van der Waals surface area contributed by atoms with Crippen molar-refractivity contribution in [3.8, 4) is 0 Å². The van der Waals surface area contributed by atoms with E-state index in [-0.39, 0.29) is 24.2 Å². The van der Waals surface area contributed by atoms with Crippen LogP contribution in [0.3, 0.4) is 0 Å². The first-order valence-electron chi connectivity index (χ1n) is 9.78. The summed E-state index contributed by atoms with van der Waals surface area (Å²) >= 11 is 0. The second-order valence-corrected chi connectivity index (χ2v) is 7.43. The van der Waals surface area contributed by atoms with Gasteiger partial charge >= 0.3 is 0 Å². The zero-order valence-corrected chi connectivity index (χ0v) is 16.9. The second kappa shape index (κ2) is 9.65. The van der Waals surface area contributed by atoms with Gasteiger partial charge in [0.1, 0.15) is 12.4 Å². The number of rotatable bonds is 7. The first kappa shape index (κ1) is 21.0. The Morgan fingerprint density at radius 3 is 2.59 bits per heavy atom. The van der Waals surface area contributed by atoms with Crippen molar-refractivity contribution in [3.63, 3.8) is 0 Å². The van der Waals surface area contributed by atoms with Gasteiger partial charge in [-0.15, -0.1) is 0 Å². The molecular weight excluding hydrogens is 375 g/mol. The number of methoxy groups -OCH3 is 1. The highest BCUT2D eigenvalue weighted by molar-refractivity contribution is 5.95. The molecule has 0 unspecified atom stereocenters. The van der Waals surface area contributed by atoms with Gasteiger partial charge in [0.25, 0.3) is 5.91 Å². The number of aromatic nitrogens is 2. The lowest BCUT2D eigenvalue weighted by Crippen LogP contribution is -2.40. The van der Waals surface area contributed by atoms with Crippen LogP contribution in [0.5, 0.6) is 0 Å². The van der Waals surface area contributed by atoms with Crippen LogP contribution in [-0.2, 0) is 29.5 Å². The van der Waals surface area contributed by atoms with Crippen molar-refractivity contribution >= 4 is 11.8 Å². The molecule has 8 heteroatoms. The number of carbonyl (C=O) groups excluding carboxylic acids is 2. The van der Waals surface area contributed by atoms with Crippen LogP contribution in [-0.4, -0.2) is 53.3 Å². The number of aryl methyl sites for hydroxylation is 1. The van der Waals surface area contributed by atoms with Crippen molar-refractivity contribution in [1.29, 1.82) is 0 Å². The van der Waals surface area contributed by atoms with Gasteiger partial charge in [0.2, 0.25) is 5.91 Å². The summed E-state index contributed by atoms with van der Waals surface area (Å²) in [6.07, 6.45) is 4.18. The number of hydrogen-bond acceptors (Lipinski definition) is 4. The molecular formula is C21H27FN4O3. The first-order chi connectivity index (χ1) is 14.0. The van der Waals surface area contributed by atoms with E-state index in [1.54, 1.807) is 30.1 Å². The number of nitrogens with one attached hydrogen (secondary N) is 1. The summed E-state index contributed by atoms with van der Waals surface area (Å²) in [4.78, 5) is 26.4. The molecule has 7 nitrogen and oxygen atoms in total. The fourth-order valence-corrected chi connectivity index (χ4v) is 3.63. The number of piperidine rings is 1. The molecule has 1 N–H and O–H groups in total. The summed E-state index contributed by atoms with van der Waals surface area (Å²) in [5.41, 5.74) is 2.16. The summed E-state index contributed by atoms with van der Waals surface area (Å²) in [6, 6.07) is 6.05. The van der Waals surface area contributed by atoms with Crippen molar-refractivity contribution in [2.24, 2.45) is 13.0 Å². The molecule has 3 rings (SSSR count). The molecule has 29 heavy (non-hydrogen) atoms. The molecule has 0 spiro atoms. The molecule has 0 radical (unpaired) electrons. The van der Waals surface area contributed by atoms with Gasteiger partial charge in [-0.3, -0.25) is 14.3 Å². The minimum atomic E-state index is -0.301. The lowest BCUT2D eigenvalue weighted by Gasteiger charge is -2.31. The van der Waals surface area contributed by atoms with Gasteiger partial charge < -0.3 is 15.0 Å². The van der Waals surface area contributed by atoms with Crippen LogP contribution in [0, 0.1) is 11.7 Å². The fraction of sp³-hybridized carbons (Fsp3) is 0.476. The molecule has 2 aromatic rings. The molecule has 156 valence electrons. The Morgan fingerprint density at radius 1 is 1.24 bits per heavy atom. The highest BCUT2D eigenvalue weighted by atomic mass is 19.1. The standard InChI is InChI=1S/C21H27FN4O3/c1-25-13-18(21(28)23-12-16-3-5-17(22)6-4-16)19(24-25)11-15-7-9-26(10-8-15)20(27)14-29-2/h3-6,13,15H,7-12,14H2,1-2H3,(H,23,28). The minimum Gasteiger partial charge on any atom is -0.375 e. The molecule has 1 fully saturated rings. The van der Waals surface area contributed by atoms with Gasteiger partial charge in [-0.1, -0.05) is 12.1 Å². The van der Waals surface area contributed by atoms with E-state index in [1.807, 2.05) is 4.90 Å². The number of carbonyl (C=O) groups is 2. The smallest absolute Gasteiger partial charge is 0.255 e. The maximum Gasteiger partial charge on any atom is 0.255 e. The summed E-state index contributed by atoms with van der Waals surface area (Å²) in [5, 5.41) is 7.36. The number of amides is 2. The Kier molecular flexibility index (Phi) is 6.98. The zero-order valence-electron chi connectivity index (χ0n) is 16.9. The lowest BCUT2D eigenvalue weighted by atomic mass is 9.91. The van der Waals surface area contributed by atoms with Crippen molar-refractivity contribution in [2.75, 3.05) is 26.8 Å². The number of likely N-dealkylation sites (tertiary alicyclic amines) is 1. The number of halogens is 1. The fourth-order valence-electron chi connectivity index (χ4n) is 3.63. The van der Waals surface area contributed by atoms with Gasteiger partial charge in [-0.05, 0) is 42.9 Å². The molecule has 1 aliphatic rings. The Morgan fingerprint density at radius 2 is 1.93 bits per heavy atom. The van der Waals surface area contributed by atoms with Crippen LogP contribution in [0.4, 0.5) is 4.39 Å². The van der Waals surface area contributed by atoms with Crippen LogP contribution >= 0.6 is 0 Å². The number of hydrogen-bond donors (Lipinski definition) is 1. The van der Waals surface area contributed by atoms with Crippen molar-refractivity contribution in [1.82, 2.24) is 20.0 Å². The van der Waals surface area contributed by atoms with Gasteiger partial charge in [-0.25, -0.2) is 4.39 Å². The molecule has 0 bridgehead atoms. The average Bonchev–Trinajstić information content (AvgIpc) is 3.08. The Hall–Kier alpha value is -2.74. The number of ether oxygens (including phenoxy) is 1. The predicted octanol–water partition coefficient (Wildman–Crippen LogP) is 1.92. The lowest BCUT2D eigenvalue weighted by molar-refractivity contribution is -0.136. The van der Waals surface area contributed by atoms with E-state index in [0.717, 1.165) is 24.1 Å². The Labute approximate surface area is 169 Å². The maximum atomic E-state index is 13.0. The van der Waals surface area contributed by atoms with E-state index >= 15 is 0 Å². The predicted molar refractivity (Wildman–Crippen MR) is 106 cm³/mol. The normalized spacial score (nSPS) is 14.8. The van der Waals surface area contributed by atoms with Gasteiger partial charge in [0.05, 0.1) is 11.3 Å². The molecule has 0 aliphatic carbocycles. The highest BCUT2D eigenvalue weighted by Crippen LogP contribution is 2.23. The molecule has 1 aromatic heterocycles. The van der Waals surface area contributed by atoms with Crippen molar-refractivity contribution in [3.05, 3.63) is 53.1 Å². The molecule has 1 saturated heterocycles. The second-order valence-electron chi connectivity index (χ2n) is 7.43. The van der Waals surface area contributed by atoms with Crippen LogP contribution in [0.25, 0.3) is 0 Å². The van der Waals surface area contributed by atoms with Gasteiger partial charge in [0.15, 0.2) is 0 Å². The minimum absolute atomic E-state index is 0.0182. The van der Waals surface area contributed by atoms with Crippen LogP contribution < -0.4 is 5.32 Å². The zero-order chi connectivity index (χ0) is 20.8. The van der Waals surface area contributed by atoms with E-state index < -0.39 is 0 Å². The third-order valence-corrected chi connectivity index (χ3v) is 5.23. The summed E-state index contributed by atoms with van der Waals surface area (Å²) < 4.78 is 19.6. The number of nitrogens with zero attached hydrogens (tertiary/aromatic N) is 3. The molecule has 1 aromatic carbocycles. The SMILES string of the molecule is COCC(=O)N1CCC(Cc2nn(C)cc2C(=O)NCc2ccc(F)cc2)CC1. The maximum absolute atomic E-state index is 13.0. The largest absolute Gasteiger partial charge is 0.375 e. The van der Waals surface area contributed by atoms with Crippen LogP contribution in [0.2, 0.25) is 0 Å². The molecule has 0 saturated carbocycles. The van der Waals surface area contributed by atoms with E-state index in [0.29, 0.717) is 37.5 Å². The molecule has 2 amide bonds. The highest BCUT2D eigenvalue weighted by Gasteiger charge is 2.25. The molecule has 1 aliphatic heterocycles. The van der Waals surface area contributed by atoms with Gasteiger partial charge in [0, 0.05) is 40.0 Å². The van der Waals surface area contributed by atoms with E-state index in [9.17, 15) is 14.0 Å². The van der Waals surface area contributed by atoms with Crippen molar-refractivity contribution < 1.29 is 18.7 Å². The Balaban J connectivity index is 1.57. The third-order valence-electron chi connectivity index (χ3n) is 5.23. The van der Waals surface area contributed by atoms with Gasteiger partial charge in [-0.2, -0.15) is 5.10 Å². The quantitative estimate of drug-likeness (QED) is 0.768. The van der Waals surface area contributed by atoms with E-state index in [1.165, 1.54) is 19.2 Å². The third kappa shape index (κ3) is 5.63. The molecule has 0 atom stereocenters. The topological polar surface area (TPSA) is 76.5 Å². The number of benzene rings is 1.